The molecule has 0 amide bonds. The Morgan fingerprint density at radius 1 is 0.313 bits per heavy atom. The SMILES string of the molecule is c1ccc(-c2cc(-n3c4c5c(ccc4c4ccc6ccccc6c43)C3(c4ccccc4-5)c4ccccc4C4(c5ccccc5-c5ccccc54)c4ccccc43)nc(-c3ccccc3)n2)cc1. The second-order valence-corrected chi connectivity index (χ2v) is 18.3. The Labute approximate surface area is 388 Å². The second-order valence-electron chi connectivity index (χ2n) is 18.3. The van der Waals surface area contributed by atoms with Gasteiger partial charge in [-0.05, 0) is 66.6 Å². The molecule has 67 heavy (non-hydrogen) atoms. The Morgan fingerprint density at radius 2 is 0.776 bits per heavy atom. The quantitative estimate of drug-likeness (QED) is 0.177. The molecule has 15 rings (SSSR count). The summed E-state index contributed by atoms with van der Waals surface area (Å²) in [6.45, 7) is 0. The van der Waals surface area contributed by atoms with Crippen LogP contribution in [0.4, 0.5) is 0 Å². The molecule has 0 saturated heterocycles. The summed E-state index contributed by atoms with van der Waals surface area (Å²) in [4.78, 5) is 10.9. The monoisotopic (exact) mass is 849 g/mol. The number of hydrogen-bond donors (Lipinski definition) is 0. The van der Waals surface area contributed by atoms with Crippen LogP contribution in [0, 0.1) is 0 Å². The van der Waals surface area contributed by atoms with Gasteiger partial charge in [-0.15, -0.1) is 0 Å². The molecule has 310 valence electrons. The van der Waals surface area contributed by atoms with Crippen molar-refractivity contribution in [1.29, 1.82) is 0 Å². The van der Waals surface area contributed by atoms with Crippen molar-refractivity contribution in [2.24, 2.45) is 0 Å². The summed E-state index contributed by atoms with van der Waals surface area (Å²) in [5, 5.41) is 4.75. The van der Waals surface area contributed by atoms with E-state index < -0.39 is 10.8 Å². The minimum atomic E-state index is -0.634. The molecule has 0 atom stereocenters. The van der Waals surface area contributed by atoms with Crippen molar-refractivity contribution < 1.29 is 0 Å². The molecule has 3 nitrogen and oxygen atoms in total. The highest BCUT2D eigenvalue weighted by molar-refractivity contribution is 6.22. The molecule has 0 bridgehead atoms. The standard InChI is InChI=1S/C64H39N3/c1-3-20-41(21-4-1)57-39-58(66-62(65-57)42-22-5-2-6-23-42)67-60-43-24-8-7-19-40(43)35-36-46(60)47-37-38-56-59(61(47)67)48-27-11-14-30-51(48)64(56)54-33-17-15-31-52(54)63(53-32-16-18-34-55(53)64)49-28-12-9-25-44(49)45-26-10-13-29-50(45)63/h1-39H. The van der Waals surface area contributed by atoms with Gasteiger partial charge in [-0.25, -0.2) is 9.97 Å². The molecule has 12 aromatic rings. The molecule has 3 aliphatic carbocycles. The van der Waals surface area contributed by atoms with Gasteiger partial charge in [-0.1, -0.05) is 231 Å². The van der Waals surface area contributed by atoms with E-state index in [4.69, 9.17) is 9.97 Å². The predicted molar refractivity (Wildman–Crippen MR) is 273 cm³/mol. The zero-order valence-corrected chi connectivity index (χ0v) is 36.4. The van der Waals surface area contributed by atoms with Crippen LogP contribution >= 0.6 is 0 Å². The summed E-state index contributed by atoms with van der Waals surface area (Å²) >= 11 is 0. The van der Waals surface area contributed by atoms with Gasteiger partial charge in [0.15, 0.2) is 5.82 Å². The number of rotatable bonds is 3. The first-order valence-electron chi connectivity index (χ1n) is 23.2. The molecule has 3 heteroatoms. The van der Waals surface area contributed by atoms with Gasteiger partial charge in [0.2, 0.25) is 0 Å². The average molecular weight is 850 g/mol. The summed E-state index contributed by atoms with van der Waals surface area (Å²) < 4.78 is 2.48. The van der Waals surface area contributed by atoms with E-state index in [0.29, 0.717) is 5.82 Å². The van der Waals surface area contributed by atoms with E-state index in [1.807, 2.05) is 0 Å². The molecule has 0 N–H and O–H groups in total. The first-order valence-corrected chi connectivity index (χ1v) is 23.2. The van der Waals surface area contributed by atoms with Gasteiger partial charge in [0.05, 0.1) is 27.6 Å². The van der Waals surface area contributed by atoms with Crippen molar-refractivity contribution in [3.8, 4) is 50.7 Å². The number of nitrogens with zero attached hydrogens (tertiary/aromatic N) is 3. The van der Waals surface area contributed by atoms with E-state index in [0.717, 1.165) is 33.7 Å². The average Bonchev–Trinajstić information content (AvgIpc) is 4.02. The molecule has 0 radical (unpaired) electrons. The van der Waals surface area contributed by atoms with Crippen LogP contribution in [-0.4, -0.2) is 14.5 Å². The lowest BCUT2D eigenvalue weighted by Gasteiger charge is -2.48. The molecule has 0 fully saturated rings. The third kappa shape index (κ3) is 4.60. The fourth-order valence-corrected chi connectivity index (χ4v) is 12.8. The second kappa shape index (κ2) is 13.4. The van der Waals surface area contributed by atoms with Crippen LogP contribution in [0.25, 0.3) is 83.3 Å². The molecule has 2 heterocycles. The van der Waals surface area contributed by atoms with Crippen LogP contribution in [0.3, 0.4) is 0 Å². The van der Waals surface area contributed by atoms with Gasteiger partial charge in [0.1, 0.15) is 5.82 Å². The topological polar surface area (TPSA) is 30.7 Å². The molecule has 0 saturated carbocycles. The van der Waals surface area contributed by atoms with Crippen molar-refractivity contribution in [1.82, 2.24) is 14.5 Å². The van der Waals surface area contributed by atoms with Gasteiger partial charge >= 0.3 is 0 Å². The zero-order valence-electron chi connectivity index (χ0n) is 36.4. The lowest BCUT2D eigenvalue weighted by Crippen LogP contribution is -2.43. The molecule has 3 aliphatic rings. The van der Waals surface area contributed by atoms with Crippen LogP contribution < -0.4 is 0 Å². The van der Waals surface area contributed by atoms with Crippen LogP contribution in [-0.2, 0) is 10.8 Å². The number of hydrogen-bond acceptors (Lipinski definition) is 2. The summed E-state index contributed by atoms with van der Waals surface area (Å²) in [6, 6.07) is 87.5. The van der Waals surface area contributed by atoms with Crippen molar-refractivity contribution >= 4 is 32.6 Å². The van der Waals surface area contributed by atoms with E-state index >= 15 is 0 Å². The third-order valence-electron chi connectivity index (χ3n) is 15.3. The molecule has 2 aromatic heterocycles. The Balaban J connectivity index is 1.12. The Bertz CT molecular complexity index is 3900. The zero-order chi connectivity index (χ0) is 43.8. The van der Waals surface area contributed by atoms with E-state index in [-0.39, 0.29) is 0 Å². The normalized spacial score (nSPS) is 14.2. The van der Waals surface area contributed by atoms with E-state index in [2.05, 4.69) is 241 Å². The van der Waals surface area contributed by atoms with E-state index in [1.165, 1.54) is 88.3 Å². The fraction of sp³-hybridized carbons (Fsp3) is 0.0312. The summed E-state index contributed by atoms with van der Waals surface area (Å²) in [5.74, 6) is 1.52. The van der Waals surface area contributed by atoms with Gasteiger partial charge in [0, 0.05) is 38.9 Å². The van der Waals surface area contributed by atoms with Gasteiger partial charge < -0.3 is 0 Å². The van der Waals surface area contributed by atoms with E-state index in [9.17, 15) is 0 Å². The van der Waals surface area contributed by atoms with Crippen LogP contribution in [0.15, 0.2) is 237 Å². The molecule has 0 unspecified atom stereocenters. The lowest BCUT2D eigenvalue weighted by molar-refractivity contribution is 0.633. The van der Waals surface area contributed by atoms with Crippen LogP contribution in [0.2, 0.25) is 0 Å². The number of benzene rings is 10. The summed E-state index contributed by atoms with van der Waals surface area (Å²) in [5.41, 5.74) is 19.7. The highest BCUT2D eigenvalue weighted by Gasteiger charge is 2.59. The maximum atomic E-state index is 5.58. The minimum Gasteiger partial charge on any atom is -0.292 e. The summed E-state index contributed by atoms with van der Waals surface area (Å²) in [7, 11) is 0. The van der Waals surface area contributed by atoms with Crippen molar-refractivity contribution in [2.45, 2.75) is 10.8 Å². The Kier molecular flexibility index (Phi) is 7.36. The Hall–Kier alpha value is -8.66. The lowest BCUT2D eigenvalue weighted by atomic mass is 9.52. The molecule has 10 aromatic carbocycles. The maximum Gasteiger partial charge on any atom is 0.162 e. The Morgan fingerprint density at radius 3 is 1.40 bits per heavy atom. The van der Waals surface area contributed by atoms with Crippen molar-refractivity contribution in [3.05, 3.63) is 281 Å². The number of fused-ring (bicyclic) bond motifs is 22. The highest BCUT2D eigenvalue weighted by atomic mass is 15.1. The van der Waals surface area contributed by atoms with Gasteiger partial charge in [0.25, 0.3) is 0 Å². The fourth-order valence-electron chi connectivity index (χ4n) is 12.8. The van der Waals surface area contributed by atoms with Crippen LogP contribution in [0.5, 0.6) is 0 Å². The van der Waals surface area contributed by atoms with Gasteiger partial charge in [-0.2, -0.15) is 0 Å². The van der Waals surface area contributed by atoms with Crippen molar-refractivity contribution in [3.63, 3.8) is 0 Å². The first kappa shape index (κ1) is 36.7. The van der Waals surface area contributed by atoms with Gasteiger partial charge in [-0.3, -0.25) is 4.57 Å². The molecule has 0 aliphatic heterocycles. The predicted octanol–water partition coefficient (Wildman–Crippen LogP) is 15.1. The van der Waals surface area contributed by atoms with Crippen LogP contribution in [0.1, 0.15) is 44.5 Å². The first-order chi connectivity index (χ1) is 33.3. The smallest absolute Gasteiger partial charge is 0.162 e. The van der Waals surface area contributed by atoms with E-state index in [1.54, 1.807) is 0 Å². The number of aromatic nitrogens is 3. The summed E-state index contributed by atoms with van der Waals surface area (Å²) in [6.07, 6.45) is 0. The highest BCUT2D eigenvalue weighted by Crippen LogP contribution is 2.68. The molecule has 2 spiro atoms. The molecular weight excluding hydrogens is 811 g/mol. The maximum absolute atomic E-state index is 5.58. The minimum absolute atomic E-state index is 0.510. The van der Waals surface area contributed by atoms with Crippen molar-refractivity contribution in [2.75, 3.05) is 0 Å². The third-order valence-corrected chi connectivity index (χ3v) is 15.3. The molecular formula is C64H39N3. The largest absolute Gasteiger partial charge is 0.292 e.